The summed E-state index contributed by atoms with van der Waals surface area (Å²) in [6, 6.07) is 10.2. The molecule has 0 bridgehead atoms. The quantitative estimate of drug-likeness (QED) is 0.626. The summed E-state index contributed by atoms with van der Waals surface area (Å²) in [6.45, 7) is 2.50. The Balaban J connectivity index is 1.38. The maximum atomic E-state index is 12.7. The molecule has 0 spiro atoms. The van der Waals surface area contributed by atoms with E-state index in [0.29, 0.717) is 49.5 Å². The molecule has 0 N–H and O–H groups in total. The second kappa shape index (κ2) is 7.69. The van der Waals surface area contributed by atoms with Crippen molar-refractivity contribution in [2.75, 3.05) is 26.2 Å². The van der Waals surface area contributed by atoms with Crippen molar-refractivity contribution in [3.8, 4) is 10.8 Å². The highest BCUT2D eigenvalue weighted by Gasteiger charge is 2.29. The molecule has 3 heterocycles. The molecule has 1 fully saturated rings. The van der Waals surface area contributed by atoms with Gasteiger partial charge in [0.2, 0.25) is 15.9 Å². The van der Waals surface area contributed by atoms with Gasteiger partial charge >= 0.3 is 0 Å². The number of nitrogens with zero attached hydrogens (tertiary/aromatic N) is 4. The van der Waals surface area contributed by atoms with Crippen LogP contribution in [0, 0.1) is 0 Å². The van der Waals surface area contributed by atoms with Crippen LogP contribution in [0.1, 0.15) is 5.89 Å². The Morgan fingerprint density at radius 1 is 1.11 bits per heavy atom. The van der Waals surface area contributed by atoms with Crippen LogP contribution in [-0.2, 0) is 16.6 Å². The van der Waals surface area contributed by atoms with Gasteiger partial charge in [-0.2, -0.15) is 4.31 Å². The molecule has 10 heteroatoms. The third-order valence-corrected chi connectivity index (χ3v) is 7.31. The van der Waals surface area contributed by atoms with Crippen LogP contribution < -0.4 is 0 Å². The van der Waals surface area contributed by atoms with Crippen molar-refractivity contribution in [1.29, 1.82) is 0 Å². The summed E-state index contributed by atoms with van der Waals surface area (Å²) in [5.41, 5.74) is 0. The number of hydrogen-bond donors (Lipinski definition) is 0. The van der Waals surface area contributed by atoms with Crippen LogP contribution in [0.2, 0.25) is 5.02 Å². The molecule has 0 aliphatic carbocycles. The molecule has 0 unspecified atom stereocenters. The highest BCUT2D eigenvalue weighted by Crippen LogP contribution is 2.24. The molecule has 0 atom stereocenters. The zero-order valence-electron chi connectivity index (χ0n) is 14.3. The third-order valence-electron chi connectivity index (χ3n) is 4.32. The van der Waals surface area contributed by atoms with Gasteiger partial charge in [0.15, 0.2) is 0 Å². The number of benzene rings is 1. The predicted octanol–water partition coefficient (Wildman–Crippen LogP) is 2.96. The number of sulfonamides is 1. The first-order valence-electron chi connectivity index (χ1n) is 8.37. The molecule has 1 aliphatic heterocycles. The summed E-state index contributed by atoms with van der Waals surface area (Å²) in [7, 11) is -3.53. The lowest BCUT2D eigenvalue weighted by molar-refractivity contribution is 0.168. The lowest BCUT2D eigenvalue weighted by Crippen LogP contribution is -2.48. The van der Waals surface area contributed by atoms with Crippen molar-refractivity contribution in [3.05, 3.63) is 52.7 Å². The zero-order chi connectivity index (χ0) is 18.9. The maximum absolute atomic E-state index is 12.7. The van der Waals surface area contributed by atoms with Crippen LogP contribution in [0.4, 0.5) is 0 Å². The molecule has 0 radical (unpaired) electrons. The Bertz CT molecular complexity index is 1010. The van der Waals surface area contributed by atoms with Crippen LogP contribution >= 0.6 is 22.9 Å². The fourth-order valence-electron chi connectivity index (χ4n) is 2.91. The SMILES string of the molecule is O=S(=O)(c1cccc(Cl)c1)N1CCN(Cc2nnc(-c3cccs3)o2)CC1. The zero-order valence-corrected chi connectivity index (χ0v) is 16.7. The molecule has 7 nitrogen and oxygen atoms in total. The minimum absolute atomic E-state index is 0.223. The van der Waals surface area contributed by atoms with Crippen LogP contribution in [0.3, 0.4) is 0 Å². The lowest BCUT2D eigenvalue weighted by atomic mass is 10.3. The van der Waals surface area contributed by atoms with Gasteiger partial charge in [-0.3, -0.25) is 4.90 Å². The van der Waals surface area contributed by atoms with E-state index < -0.39 is 10.0 Å². The van der Waals surface area contributed by atoms with Gasteiger partial charge < -0.3 is 4.42 Å². The molecule has 1 saturated heterocycles. The van der Waals surface area contributed by atoms with E-state index >= 15 is 0 Å². The molecule has 1 aliphatic rings. The van der Waals surface area contributed by atoms with E-state index in [1.165, 1.54) is 10.4 Å². The summed E-state index contributed by atoms with van der Waals surface area (Å²) in [4.78, 5) is 3.27. The number of thiophene rings is 1. The standard InChI is InChI=1S/C17H17ClN4O3S2/c18-13-3-1-4-14(11-13)27(23,24)22-8-6-21(7-9-22)12-16-19-20-17(25-16)15-5-2-10-26-15/h1-5,10-11H,6-9,12H2. The first-order chi connectivity index (χ1) is 13.0. The molecule has 4 rings (SSSR count). The minimum Gasteiger partial charge on any atom is -0.419 e. The summed E-state index contributed by atoms with van der Waals surface area (Å²) >= 11 is 7.47. The van der Waals surface area contributed by atoms with Gasteiger partial charge in [0.25, 0.3) is 5.89 Å². The number of aromatic nitrogens is 2. The van der Waals surface area contributed by atoms with Crippen molar-refractivity contribution in [1.82, 2.24) is 19.4 Å². The average molecular weight is 425 g/mol. The van der Waals surface area contributed by atoms with E-state index in [9.17, 15) is 8.42 Å². The predicted molar refractivity (Wildman–Crippen MR) is 103 cm³/mol. The Morgan fingerprint density at radius 2 is 1.93 bits per heavy atom. The monoisotopic (exact) mass is 424 g/mol. The van der Waals surface area contributed by atoms with Gasteiger partial charge in [0.05, 0.1) is 16.3 Å². The van der Waals surface area contributed by atoms with Gasteiger partial charge in [0, 0.05) is 31.2 Å². The molecular weight excluding hydrogens is 408 g/mol. The normalized spacial score (nSPS) is 16.6. The number of hydrogen-bond acceptors (Lipinski definition) is 7. The van der Waals surface area contributed by atoms with Crippen LogP contribution in [0.15, 0.2) is 51.1 Å². The van der Waals surface area contributed by atoms with Crippen LogP contribution in [0.5, 0.6) is 0 Å². The maximum Gasteiger partial charge on any atom is 0.257 e. The molecule has 3 aromatic rings. The molecule has 1 aromatic carbocycles. The van der Waals surface area contributed by atoms with Crippen molar-refractivity contribution < 1.29 is 12.8 Å². The fraction of sp³-hybridized carbons (Fsp3) is 0.294. The fourth-order valence-corrected chi connectivity index (χ4v) is 5.28. The van der Waals surface area contributed by atoms with Gasteiger partial charge in [-0.05, 0) is 29.6 Å². The molecule has 142 valence electrons. The van der Waals surface area contributed by atoms with Crippen molar-refractivity contribution in [3.63, 3.8) is 0 Å². The van der Waals surface area contributed by atoms with E-state index in [4.69, 9.17) is 16.0 Å². The Hall–Kier alpha value is -1.78. The number of rotatable bonds is 5. The largest absolute Gasteiger partial charge is 0.419 e. The molecule has 0 saturated carbocycles. The Labute approximate surface area is 166 Å². The molecule has 0 amide bonds. The van der Waals surface area contributed by atoms with E-state index in [-0.39, 0.29) is 4.90 Å². The van der Waals surface area contributed by atoms with Crippen molar-refractivity contribution in [2.24, 2.45) is 0 Å². The third kappa shape index (κ3) is 4.07. The van der Waals surface area contributed by atoms with E-state index in [0.717, 1.165) is 4.88 Å². The van der Waals surface area contributed by atoms with Crippen LogP contribution in [-0.4, -0.2) is 54.0 Å². The minimum atomic E-state index is -3.53. The lowest BCUT2D eigenvalue weighted by Gasteiger charge is -2.33. The second-order valence-corrected chi connectivity index (χ2v) is 9.44. The topological polar surface area (TPSA) is 79.5 Å². The summed E-state index contributed by atoms with van der Waals surface area (Å²) < 4.78 is 32.7. The van der Waals surface area contributed by atoms with E-state index in [1.54, 1.807) is 29.5 Å². The highest BCUT2D eigenvalue weighted by molar-refractivity contribution is 7.89. The Kier molecular flexibility index (Phi) is 5.29. The molecule has 2 aromatic heterocycles. The summed E-state index contributed by atoms with van der Waals surface area (Å²) in [5, 5.41) is 10.5. The van der Waals surface area contributed by atoms with Crippen LogP contribution in [0.25, 0.3) is 10.8 Å². The Morgan fingerprint density at radius 3 is 2.63 bits per heavy atom. The first kappa shape index (κ1) is 18.6. The molecule has 27 heavy (non-hydrogen) atoms. The van der Waals surface area contributed by atoms with Gasteiger partial charge in [0.1, 0.15) is 0 Å². The average Bonchev–Trinajstić information content (AvgIpc) is 3.34. The highest BCUT2D eigenvalue weighted by atomic mass is 35.5. The van der Waals surface area contributed by atoms with Crippen molar-refractivity contribution >= 4 is 33.0 Å². The summed E-state index contributed by atoms with van der Waals surface area (Å²) in [6.07, 6.45) is 0. The second-order valence-electron chi connectivity index (χ2n) is 6.12. The van der Waals surface area contributed by atoms with E-state index in [2.05, 4.69) is 15.1 Å². The van der Waals surface area contributed by atoms with Gasteiger partial charge in [-0.25, -0.2) is 8.42 Å². The number of piperazine rings is 1. The molecular formula is C17H17ClN4O3S2. The van der Waals surface area contributed by atoms with Gasteiger partial charge in [-0.15, -0.1) is 21.5 Å². The van der Waals surface area contributed by atoms with Crippen molar-refractivity contribution in [2.45, 2.75) is 11.4 Å². The van der Waals surface area contributed by atoms with Gasteiger partial charge in [-0.1, -0.05) is 23.7 Å². The first-order valence-corrected chi connectivity index (χ1v) is 11.1. The smallest absolute Gasteiger partial charge is 0.257 e. The summed E-state index contributed by atoms with van der Waals surface area (Å²) in [5.74, 6) is 1.05. The number of halogens is 1. The van der Waals surface area contributed by atoms with E-state index in [1.807, 2.05) is 17.5 Å².